The van der Waals surface area contributed by atoms with Crippen molar-refractivity contribution in [2.45, 2.75) is 342 Å². The number of ether oxygens (including phenoxy) is 4. The van der Waals surface area contributed by atoms with E-state index in [2.05, 4.69) is 34.6 Å². The molecule has 2 unspecified atom stereocenters. The minimum atomic E-state index is -4.94. The summed E-state index contributed by atoms with van der Waals surface area (Å²) in [6, 6.07) is 0. The van der Waals surface area contributed by atoms with Crippen molar-refractivity contribution in [1.29, 1.82) is 0 Å². The first-order valence-electron chi connectivity index (χ1n) is 33.6. The van der Waals surface area contributed by atoms with Gasteiger partial charge in [-0.3, -0.25) is 37.3 Å². The second-order valence-corrected chi connectivity index (χ2v) is 26.5. The van der Waals surface area contributed by atoms with Gasteiger partial charge in [0.1, 0.15) is 19.3 Å². The zero-order valence-electron chi connectivity index (χ0n) is 53.3. The van der Waals surface area contributed by atoms with Crippen LogP contribution < -0.4 is 0 Å². The van der Waals surface area contributed by atoms with Crippen molar-refractivity contribution in [2.24, 2.45) is 5.92 Å². The van der Waals surface area contributed by atoms with Gasteiger partial charge in [0, 0.05) is 25.7 Å². The highest BCUT2D eigenvalue weighted by atomic mass is 31.2. The summed E-state index contributed by atoms with van der Waals surface area (Å²) in [5.74, 6) is -1.43. The highest BCUT2D eigenvalue weighted by Gasteiger charge is 2.30. The summed E-state index contributed by atoms with van der Waals surface area (Å²) in [6.45, 7) is 6.97. The first-order chi connectivity index (χ1) is 40.0. The fraction of sp³-hybridized carbons (Fsp3) is 0.938. The monoisotopic (exact) mass is 1230 g/mol. The number of unbranched alkanes of at least 4 members (excludes halogenated alkanes) is 36. The van der Waals surface area contributed by atoms with Gasteiger partial charge in [-0.25, -0.2) is 9.13 Å². The van der Waals surface area contributed by atoms with Gasteiger partial charge in [0.15, 0.2) is 12.2 Å². The number of rotatable bonds is 64. The largest absolute Gasteiger partial charge is 0.472 e. The van der Waals surface area contributed by atoms with E-state index in [9.17, 15) is 43.2 Å². The summed E-state index contributed by atoms with van der Waals surface area (Å²) in [4.78, 5) is 71.6. The molecule has 0 aliphatic rings. The molecule has 0 fully saturated rings. The summed E-state index contributed by atoms with van der Waals surface area (Å²) < 4.78 is 67.5. The van der Waals surface area contributed by atoms with Crippen LogP contribution in [0.2, 0.25) is 0 Å². The first-order valence-corrected chi connectivity index (χ1v) is 36.6. The fourth-order valence-corrected chi connectivity index (χ4v) is 11.2. The molecule has 0 radical (unpaired) electrons. The molecule has 0 aliphatic carbocycles. The number of carbonyl (C=O) groups excluding carboxylic acids is 4. The Balaban J connectivity index is 5.00. The molecule has 0 saturated heterocycles. The Morgan fingerprint density at radius 1 is 0.325 bits per heavy atom. The molecule has 0 aromatic rings. The van der Waals surface area contributed by atoms with Crippen molar-refractivity contribution in [2.75, 3.05) is 39.6 Å². The molecule has 0 aliphatic heterocycles. The van der Waals surface area contributed by atoms with Crippen LogP contribution in [0.3, 0.4) is 0 Å². The molecule has 0 aromatic heterocycles. The van der Waals surface area contributed by atoms with Crippen LogP contribution in [-0.4, -0.2) is 96.7 Å². The Kier molecular flexibility index (Phi) is 56.4. The lowest BCUT2D eigenvalue weighted by atomic mass is 10.0. The molecule has 492 valence electrons. The van der Waals surface area contributed by atoms with Crippen LogP contribution in [0.15, 0.2) is 0 Å². The van der Waals surface area contributed by atoms with E-state index in [1.54, 1.807) is 0 Å². The molecular formula is C64H124O17P2. The molecule has 0 spiro atoms. The fourth-order valence-electron chi connectivity index (χ4n) is 9.58. The van der Waals surface area contributed by atoms with Gasteiger partial charge < -0.3 is 33.8 Å². The number of phosphoric ester groups is 2. The number of aliphatic hydroxyl groups excluding tert-OH is 1. The molecule has 3 N–H and O–H groups in total. The molecule has 17 nitrogen and oxygen atoms in total. The zero-order valence-corrected chi connectivity index (χ0v) is 55.1. The molecule has 19 heteroatoms. The van der Waals surface area contributed by atoms with Crippen molar-refractivity contribution in [3.05, 3.63) is 0 Å². The Morgan fingerprint density at radius 3 is 0.819 bits per heavy atom. The topological polar surface area (TPSA) is 237 Å². The summed E-state index contributed by atoms with van der Waals surface area (Å²) >= 11 is 0. The lowest BCUT2D eigenvalue weighted by Gasteiger charge is -2.21. The van der Waals surface area contributed by atoms with Gasteiger partial charge in [0.05, 0.1) is 26.4 Å². The smallest absolute Gasteiger partial charge is 0.462 e. The number of phosphoric acid groups is 2. The molecule has 5 atom stereocenters. The van der Waals surface area contributed by atoms with Crippen LogP contribution in [0.5, 0.6) is 0 Å². The van der Waals surface area contributed by atoms with Gasteiger partial charge in [-0.2, -0.15) is 0 Å². The Bertz CT molecular complexity index is 1620. The van der Waals surface area contributed by atoms with Crippen molar-refractivity contribution in [3.8, 4) is 0 Å². The van der Waals surface area contributed by atoms with Crippen molar-refractivity contribution < 1.29 is 80.2 Å². The normalized spacial score (nSPS) is 14.2. The van der Waals surface area contributed by atoms with Crippen LogP contribution in [0.1, 0.15) is 324 Å². The summed E-state index contributed by atoms with van der Waals surface area (Å²) in [5.41, 5.74) is 0. The highest BCUT2D eigenvalue weighted by Crippen LogP contribution is 2.45. The average Bonchev–Trinajstić information content (AvgIpc) is 3.45. The number of hydrogen-bond acceptors (Lipinski definition) is 15. The maximum atomic E-state index is 13.0. The third-order valence-corrected chi connectivity index (χ3v) is 16.7. The summed E-state index contributed by atoms with van der Waals surface area (Å²) in [6.07, 6.45) is 42.9. The SMILES string of the molecule is CCCCCCCCCCCCCCCCCCCCCCCCC(=O)O[C@H](COC(=O)CCCCCCCCCCC(C)C)COP(=O)(O)OC[C@@H](O)COP(=O)(O)OC[C@@H](COC(=O)CCCCCCC)OC(=O)CCCCCCC. The number of aliphatic hydroxyl groups is 1. The number of esters is 4. The molecule has 0 aromatic carbocycles. The summed E-state index contributed by atoms with van der Waals surface area (Å²) in [7, 11) is -9.86. The lowest BCUT2D eigenvalue weighted by Crippen LogP contribution is -2.30. The molecule has 0 saturated carbocycles. The molecule has 0 bridgehead atoms. The highest BCUT2D eigenvalue weighted by molar-refractivity contribution is 7.47. The van der Waals surface area contributed by atoms with Gasteiger partial charge >= 0.3 is 39.5 Å². The quantitative estimate of drug-likeness (QED) is 0.0222. The zero-order chi connectivity index (χ0) is 61.3. The third kappa shape index (κ3) is 58.8. The summed E-state index contributed by atoms with van der Waals surface area (Å²) in [5, 5.41) is 10.5. The van der Waals surface area contributed by atoms with Crippen LogP contribution >= 0.6 is 15.6 Å². The van der Waals surface area contributed by atoms with E-state index >= 15 is 0 Å². The predicted molar refractivity (Wildman–Crippen MR) is 331 cm³/mol. The van der Waals surface area contributed by atoms with Gasteiger partial charge in [-0.1, -0.05) is 272 Å². The van der Waals surface area contributed by atoms with Crippen LogP contribution in [-0.2, 0) is 65.4 Å². The van der Waals surface area contributed by atoms with Gasteiger partial charge in [0.25, 0.3) is 0 Å². The molecule has 83 heavy (non-hydrogen) atoms. The van der Waals surface area contributed by atoms with Crippen molar-refractivity contribution in [3.63, 3.8) is 0 Å². The minimum absolute atomic E-state index is 0.0988. The van der Waals surface area contributed by atoms with Crippen LogP contribution in [0.4, 0.5) is 0 Å². The Morgan fingerprint density at radius 2 is 0.554 bits per heavy atom. The number of hydrogen-bond donors (Lipinski definition) is 3. The van der Waals surface area contributed by atoms with E-state index in [-0.39, 0.29) is 25.7 Å². The first kappa shape index (κ1) is 81.1. The van der Waals surface area contributed by atoms with Gasteiger partial charge in [-0.05, 0) is 31.6 Å². The van der Waals surface area contributed by atoms with Crippen LogP contribution in [0, 0.1) is 5.92 Å². The van der Waals surface area contributed by atoms with E-state index in [4.69, 9.17) is 37.0 Å². The predicted octanol–water partition coefficient (Wildman–Crippen LogP) is 17.8. The second-order valence-electron chi connectivity index (χ2n) is 23.6. The standard InChI is InChI=1S/C64H124O17P2/c1-6-9-12-15-16-17-18-19-20-21-22-23-24-25-26-27-28-29-30-35-40-45-50-64(69)81-60(54-75-62(67)48-43-39-34-32-31-33-38-41-46-57(4)5)56-79-83(72,73)77-52-58(65)51-76-82(70,71)78-55-59(80-63(68)49-44-37-14-11-8-3)53-74-61(66)47-42-36-13-10-7-2/h57-60,65H,6-56H2,1-5H3,(H,70,71)(H,72,73)/t58-,59+,60+/m0/s1. The van der Waals surface area contributed by atoms with Crippen LogP contribution in [0.25, 0.3) is 0 Å². The molecular weight excluding hydrogens is 1100 g/mol. The minimum Gasteiger partial charge on any atom is -0.462 e. The maximum Gasteiger partial charge on any atom is 0.472 e. The van der Waals surface area contributed by atoms with E-state index < -0.39 is 97.5 Å². The second kappa shape index (κ2) is 57.8. The average molecular weight is 1230 g/mol. The molecule has 0 heterocycles. The molecule has 0 amide bonds. The van der Waals surface area contributed by atoms with E-state index in [0.717, 1.165) is 102 Å². The van der Waals surface area contributed by atoms with Gasteiger partial charge in [0.2, 0.25) is 0 Å². The Hall–Kier alpha value is -1.94. The Labute approximate surface area is 505 Å². The van der Waals surface area contributed by atoms with Crippen molar-refractivity contribution >= 4 is 39.5 Å². The van der Waals surface area contributed by atoms with Crippen molar-refractivity contribution in [1.82, 2.24) is 0 Å². The van der Waals surface area contributed by atoms with E-state index in [1.807, 2.05) is 0 Å². The van der Waals surface area contributed by atoms with E-state index in [0.29, 0.717) is 25.7 Å². The third-order valence-electron chi connectivity index (χ3n) is 14.8. The van der Waals surface area contributed by atoms with E-state index in [1.165, 1.54) is 141 Å². The molecule has 0 rings (SSSR count). The number of carbonyl (C=O) groups is 4. The lowest BCUT2D eigenvalue weighted by molar-refractivity contribution is -0.161. The maximum absolute atomic E-state index is 13.0. The van der Waals surface area contributed by atoms with Gasteiger partial charge in [-0.15, -0.1) is 0 Å².